The van der Waals surface area contributed by atoms with Crippen molar-refractivity contribution in [2.45, 2.75) is 20.3 Å². The monoisotopic (exact) mass is 126 g/mol. The number of hydrogen-bond acceptors (Lipinski definition) is 1. The van der Waals surface area contributed by atoms with E-state index in [9.17, 15) is 0 Å². The highest BCUT2D eigenvalue weighted by Gasteiger charge is 2.55. The van der Waals surface area contributed by atoms with E-state index in [1.54, 1.807) is 0 Å². The molecule has 1 aliphatic carbocycles. The van der Waals surface area contributed by atoms with Crippen molar-refractivity contribution >= 4 is 0 Å². The van der Waals surface area contributed by atoms with Crippen LogP contribution in [-0.4, -0.2) is 13.2 Å². The molecule has 2 fully saturated rings. The van der Waals surface area contributed by atoms with Crippen molar-refractivity contribution in [2.24, 2.45) is 17.3 Å². The summed E-state index contributed by atoms with van der Waals surface area (Å²) in [5.41, 5.74) is 0.639. The Balaban J connectivity index is 2.08. The second-order valence-electron chi connectivity index (χ2n) is 3.76. The van der Waals surface area contributed by atoms with Gasteiger partial charge >= 0.3 is 0 Å². The zero-order chi connectivity index (χ0) is 6.48. The number of hydrogen-bond donors (Lipinski definition) is 0. The van der Waals surface area contributed by atoms with Gasteiger partial charge in [-0.25, -0.2) is 0 Å². The fraction of sp³-hybridized carbons (Fsp3) is 1.00. The van der Waals surface area contributed by atoms with Crippen LogP contribution in [0.5, 0.6) is 0 Å². The number of rotatable bonds is 0. The highest BCUT2D eigenvalue weighted by atomic mass is 16.5. The zero-order valence-electron chi connectivity index (χ0n) is 6.18. The van der Waals surface area contributed by atoms with Crippen LogP contribution >= 0.6 is 0 Å². The Labute approximate surface area is 56.4 Å². The summed E-state index contributed by atoms with van der Waals surface area (Å²) in [6.45, 7) is 6.77. The average molecular weight is 126 g/mol. The normalized spacial score (nSPS) is 46.0. The van der Waals surface area contributed by atoms with Gasteiger partial charge in [0.15, 0.2) is 0 Å². The summed E-state index contributed by atoms with van der Waals surface area (Å²) in [4.78, 5) is 0. The van der Waals surface area contributed by atoms with Crippen LogP contribution in [0.4, 0.5) is 0 Å². The van der Waals surface area contributed by atoms with E-state index in [2.05, 4.69) is 13.8 Å². The second-order valence-corrected chi connectivity index (χ2v) is 3.76. The van der Waals surface area contributed by atoms with Gasteiger partial charge in [-0.15, -0.1) is 0 Å². The van der Waals surface area contributed by atoms with Crippen LogP contribution in [0.2, 0.25) is 0 Å². The lowest BCUT2D eigenvalue weighted by molar-refractivity contribution is -0.224. The predicted octanol–water partition coefficient (Wildman–Crippen LogP) is 1.68. The molecule has 1 nitrogen and oxygen atoms in total. The van der Waals surface area contributed by atoms with E-state index in [-0.39, 0.29) is 0 Å². The summed E-state index contributed by atoms with van der Waals surface area (Å²) in [6, 6.07) is 0. The third-order valence-electron chi connectivity index (χ3n) is 3.41. The lowest BCUT2D eigenvalue weighted by Crippen LogP contribution is -2.59. The van der Waals surface area contributed by atoms with Crippen LogP contribution in [0, 0.1) is 17.3 Å². The summed E-state index contributed by atoms with van der Waals surface area (Å²) < 4.78 is 5.22. The molecule has 0 aromatic rings. The van der Waals surface area contributed by atoms with Crippen LogP contribution in [0.3, 0.4) is 0 Å². The molecule has 1 aliphatic heterocycles. The first kappa shape index (κ1) is 5.72. The van der Waals surface area contributed by atoms with E-state index in [0.29, 0.717) is 5.41 Å². The summed E-state index contributed by atoms with van der Waals surface area (Å²) in [7, 11) is 0. The molecule has 2 rings (SSSR count). The third-order valence-corrected chi connectivity index (χ3v) is 3.41. The van der Waals surface area contributed by atoms with E-state index >= 15 is 0 Å². The van der Waals surface area contributed by atoms with Crippen molar-refractivity contribution in [3.8, 4) is 0 Å². The molecule has 1 heteroatoms. The standard InChI is InChI=1S/C8H14O/c1-6-3-7(2)8(6)4-9-5-8/h6-7H,3-5H2,1-2H3. The van der Waals surface area contributed by atoms with E-state index in [1.807, 2.05) is 0 Å². The van der Waals surface area contributed by atoms with Gasteiger partial charge in [0.2, 0.25) is 0 Å². The zero-order valence-corrected chi connectivity index (χ0v) is 6.18. The first-order chi connectivity index (χ1) is 4.26. The van der Waals surface area contributed by atoms with E-state index in [1.165, 1.54) is 6.42 Å². The molecule has 0 aromatic heterocycles. The van der Waals surface area contributed by atoms with E-state index in [0.717, 1.165) is 25.0 Å². The van der Waals surface area contributed by atoms with Crippen LogP contribution in [0.15, 0.2) is 0 Å². The van der Waals surface area contributed by atoms with Crippen molar-refractivity contribution in [3.05, 3.63) is 0 Å². The molecular formula is C8H14O. The Hall–Kier alpha value is -0.0400. The average Bonchev–Trinajstić information content (AvgIpc) is 1.60. The van der Waals surface area contributed by atoms with Gasteiger partial charge in [0.25, 0.3) is 0 Å². The SMILES string of the molecule is CC1CC(C)C12COC2. The van der Waals surface area contributed by atoms with Gasteiger partial charge in [0.05, 0.1) is 13.2 Å². The fourth-order valence-corrected chi connectivity index (χ4v) is 2.23. The van der Waals surface area contributed by atoms with Gasteiger partial charge in [-0.1, -0.05) is 13.8 Å². The van der Waals surface area contributed by atoms with Gasteiger partial charge < -0.3 is 4.74 Å². The maximum atomic E-state index is 5.22. The quantitative estimate of drug-likeness (QED) is 0.480. The summed E-state index contributed by atoms with van der Waals surface area (Å²) in [5, 5.41) is 0. The van der Waals surface area contributed by atoms with Crippen LogP contribution < -0.4 is 0 Å². The molecule has 1 spiro atoms. The Morgan fingerprint density at radius 3 is 1.89 bits per heavy atom. The molecule has 0 amide bonds. The van der Waals surface area contributed by atoms with Gasteiger partial charge in [-0.3, -0.25) is 0 Å². The predicted molar refractivity (Wildman–Crippen MR) is 36.2 cm³/mol. The maximum Gasteiger partial charge on any atom is 0.0549 e. The highest BCUT2D eigenvalue weighted by Crippen LogP contribution is 2.55. The first-order valence-electron chi connectivity index (χ1n) is 3.83. The lowest BCUT2D eigenvalue weighted by atomic mass is 9.53. The Morgan fingerprint density at radius 2 is 1.78 bits per heavy atom. The fourth-order valence-electron chi connectivity index (χ4n) is 2.23. The molecule has 0 N–H and O–H groups in total. The second kappa shape index (κ2) is 1.51. The van der Waals surface area contributed by atoms with Crippen molar-refractivity contribution < 1.29 is 4.74 Å². The van der Waals surface area contributed by atoms with Gasteiger partial charge in [0.1, 0.15) is 0 Å². The highest BCUT2D eigenvalue weighted by molar-refractivity contribution is 5.02. The molecule has 52 valence electrons. The first-order valence-corrected chi connectivity index (χ1v) is 3.83. The molecular weight excluding hydrogens is 112 g/mol. The molecule has 1 saturated heterocycles. The molecule has 9 heavy (non-hydrogen) atoms. The molecule has 0 aromatic carbocycles. The molecule has 0 radical (unpaired) electrons. The lowest BCUT2D eigenvalue weighted by Gasteiger charge is -2.59. The Bertz CT molecular complexity index is 117. The van der Waals surface area contributed by atoms with Crippen molar-refractivity contribution in [3.63, 3.8) is 0 Å². The molecule has 1 saturated carbocycles. The minimum atomic E-state index is 0.639. The van der Waals surface area contributed by atoms with Gasteiger partial charge in [0, 0.05) is 5.41 Å². The molecule has 2 unspecified atom stereocenters. The summed E-state index contributed by atoms with van der Waals surface area (Å²) in [6.07, 6.45) is 1.42. The number of ether oxygens (including phenoxy) is 1. The Kier molecular flexibility index (Phi) is 0.963. The van der Waals surface area contributed by atoms with Crippen LogP contribution in [0.25, 0.3) is 0 Å². The van der Waals surface area contributed by atoms with Crippen LogP contribution in [0.1, 0.15) is 20.3 Å². The van der Waals surface area contributed by atoms with Crippen molar-refractivity contribution in [1.82, 2.24) is 0 Å². The van der Waals surface area contributed by atoms with Crippen molar-refractivity contribution in [2.75, 3.05) is 13.2 Å². The minimum Gasteiger partial charge on any atom is -0.380 e. The Morgan fingerprint density at radius 1 is 1.22 bits per heavy atom. The van der Waals surface area contributed by atoms with Crippen molar-refractivity contribution in [1.29, 1.82) is 0 Å². The molecule has 2 atom stereocenters. The smallest absolute Gasteiger partial charge is 0.0549 e. The van der Waals surface area contributed by atoms with E-state index in [4.69, 9.17) is 4.74 Å². The largest absolute Gasteiger partial charge is 0.380 e. The summed E-state index contributed by atoms with van der Waals surface area (Å²) in [5.74, 6) is 1.86. The molecule has 1 heterocycles. The van der Waals surface area contributed by atoms with Crippen LogP contribution in [-0.2, 0) is 4.74 Å². The minimum absolute atomic E-state index is 0.639. The third kappa shape index (κ3) is 0.493. The van der Waals surface area contributed by atoms with Gasteiger partial charge in [-0.05, 0) is 18.3 Å². The topological polar surface area (TPSA) is 9.23 Å². The molecule has 2 aliphatic rings. The maximum absolute atomic E-state index is 5.22. The van der Waals surface area contributed by atoms with E-state index < -0.39 is 0 Å². The molecule has 0 bridgehead atoms. The summed E-state index contributed by atoms with van der Waals surface area (Å²) >= 11 is 0. The van der Waals surface area contributed by atoms with Gasteiger partial charge in [-0.2, -0.15) is 0 Å².